The van der Waals surface area contributed by atoms with E-state index < -0.39 is 0 Å². The molecule has 0 aromatic rings. The predicted octanol–water partition coefficient (Wildman–Crippen LogP) is 0.850. The molecule has 0 saturated heterocycles. The van der Waals surface area contributed by atoms with Crippen LogP contribution in [0.2, 0.25) is 0 Å². The number of aliphatic hydroxyl groups excluding tert-OH is 1. The summed E-state index contributed by atoms with van der Waals surface area (Å²) in [4.78, 5) is 0. The highest BCUT2D eigenvalue weighted by Crippen LogP contribution is 2.09. The van der Waals surface area contributed by atoms with E-state index in [0.29, 0.717) is 5.92 Å². The van der Waals surface area contributed by atoms with E-state index in [9.17, 15) is 0 Å². The molecule has 3 nitrogen and oxygen atoms in total. The zero-order valence-electron chi connectivity index (χ0n) is 8.29. The third kappa shape index (κ3) is 6.88. The van der Waals surface area contributed by atoms with E-state index in [-0.39, 0.29) is 12.6 Å². The first kappa shape index (κ1) is 12.8. The normalized spacial score (nSPS) is 14.9. The number of thioether (sulfide) groups is 1. The SMILES string of the molecule is CNC(C#N)CCSCC(C)CO. The minimum absolute atomic E-state index is 0.0306. The summed E-state index contributed by atoms with van der Waals surface area (Å²) in [6.45, 7) is 2.27. The van der Waals surface area contributed by atoms with Crippen molar-refractivity contribution < 1.29 is 5.11 Å². The minimum atomic E-state index is -0.0306. The van der Waals surface area contributed by atoms with E-state index in [1.54, 1.807) is 18.8 Å². The van der Waals surface area contributed by atoms with Crippen LogP contribution in [0.4, 0.5) is 0 Å². The topological polar surface area (TPSA) is 56.0 Å². The van der Waals surface area contributed by atoms with Crippen molar-refractivity contribution in [1.29, 1.82) is 5.26 Å². The standard InChI is InChI=1S/C9H18N2OS/c1-8(6-12)7-13-4-3-9(5-10)11-2/h8-9,11-12H,3-4,6-7H2,1-2H3. The molecule has 0 aromatic carbocycles. The van der Waals surface area contributed by atoms with E-state index in [2.05, 4.69) is 11.4 Å². The van der Waals surface area contributed by atoms with E-state index in [1.807, 2.05) is 6.92 Å². The number of rotatable bonds is 7. The lowest BCUT2D eigenvalue weighted by Gasteiger charge is -2.09. The Morgan fingerprint density at radius 1 is 1.62 bits per heavy atom. The molecule has 0 bridgehead atoms. The van der Waals surface area contributed by atoms with Gasteiger partial charge in [-0.2, -0.15) is 17.0 Å². The van der Waals surface area contributed by atoms with Crippen molar-refractivity contribution in [2.24, 2.45) is 5.92 Å². The van der Waals surface area contributed by atoms with Crippen molar-refractivity contribution in [2.75, 3.05) is 25.2 Å². The summed E-state index contributed by atoms with van der Waals surface area (Å²) in [7, 11) is 1.80. The largest absolute Gasteiger partial charge is 0.396 e. The molecule has 0 heterocycles. The molecule has 13 heavy (non-hydrogen) atoms. The first-order valence-corrected chi connectivity index (χ1v) is 5.65. The molecule has 2 atom stereocenters. The quantitative estimate of drug-likeness (QED) is 0.601. The number of hydrogen-bond donors (Lipinski definition) is 2. The van der Waals surface area contributed by atoms with Gasteiger partial charge in [-0.05, 0) is 30.9 Å². The molecule has 0 fully saturated rings. The molecule has 0 aliphatic heterocycles. The van der Waals surface area contributed by atoms with Crippen molar-refractivity contribution >= 4 is 11.8 Å². The second-order valence-electron chi connectivity index (χ2n) is 3.12. The zero-order chi connectivity index (χ0) is 10.1. The Morgan fingerprint density at radius 2 is 2.31 bits per heavy atom. The van der Waals surface area contributed by atoms with Gasteiger partial charge in [0.15, 0.2) is 0 Å². The maximum atomic E-state index is 8.76. The van der Waals surface area contributed by atoms with Gasteiger partial charge in [0.25, 0.3) is 0 Å². The summed E-state index contributed by atoms with van der Waals surface area (Å²) in [6, 6.07) is 2.15. The lowest BCUT2D eigenvalue weighted by Crippen LogP contribution is -2.23. The zero-order valence-corrected chi connectivity index (χ0v) is 9.10. The van der Waals surface area contributed by atoms with Gasteiger partial charge in [-0.25, -0.2) is 0 Å². The molecular formula is C9H18N2OS. The summed E-state index contributed by atoms with van der Waals surface area (Å²) >= 11 is 1.79. The van der Waals surface area contributed by atoms with Crippen LogP contribution >= 0.6 is 11.8 Å². The molecular weight excluding hydrogens is 184 g/mol. The molecule has 0 radical (unpaired) electrons. The van der Waals surface area contributed by atoms with E-state index in [0.717, 1.165) is 17.9 Å². The Kier molecular flexibility index (Phi) is 8.21. The van der Waals surface area contributed by atoms with Crippen molar-refractivity contribution in [3.63, 3.8) is 0 Å². The second kappa shape index (κ2) is 8.36. The number of nitrogens with one attached hydrogen (secondary N) is 1. The first-order chi connectivity index (χ1) is 6.24. The molecule has 0 aliphatic rings. The van der Waals surface area contributed by atoms with Crippen molar-refractivity contribution in [1.82, 2.24) is 5.32 Å². The fourth-order valence-electron chi connectivity index (χ4n) is 0.812. The molecule has 0 aromatic heterocycles. The smallest absolute Gasteiger partial charge is 0.0958 e. The average Bonchev–Trinajstić information content (AvgIpc) is 2.18. The predicted molar refractivity (Wildman–Crippen MR) is 56.7 cm³/mol. The minimum Gasteiger partial charge on any atom is -0.396 e. The van der Waals surface area contributed by atoms with Crippen molar-refractivity contribution in [3.05, 3.63) is 0 Å². The Morgan fingerprint density at radius 3 is 2.77 bits per heavy atom. The first-order valence-electron chi connectivity index (χ1n) is 4.50. The summed E-state index contributed by atoms with van der Waals surface area (Å²) in [6.07, 6.45) is 0.871. The molecule has 4 heteroatoms. The van der Waals surface area contributed by atoms with Crippen LogP contribution in [0.1, 0.15) is 13.3 Å². The highest BCUT2D eigenvalue weighted by atomic mass is 32.2. The lowest BCUT2D eigenvalue weighted by molar-refractivity contribution is 0.250. The summed E-state index contributed by atoms with van der Waals surface area (Å²) in [5.74, 6) is 2.31. The summed E-state index contributed by atoms with van der Waals surface area (Å²) in [5.41, 5.74) is 0. The maximum Gasteiger partial charge on any atom is 0.0958 e. The molecule has 0 saturated carbocycles. The van der Waals surface area contributed by atoms with Crippen LogP contribution in [0, 0.1) is 17.2 Å². The van der Waals surface area contributed by atoms with Gasteiger partial charge in [-0.15, -0.1) is 0 Å². The maximum absolute atomic E-state index is 8.76. The highest BCUT2D eigenvalue weighted by Gasteiger charge is 2.04. The third-order valence-electron chi connectivity index (χ3n) is 1.77. The number of nitrogens with zero attached hydrogens (tertiary/aromatic N) is 1. The van der Waals surface area contributed by atoms with Crippen molar-refractivity contribution in [3.8, 4) is 6.07 Å². The van der Waals surface area contributed by atoms with E-state index in [1.165, 1.54) is 0 Å². The van der Waals surface area contributed by atoms with Gasteiger partial charge >= 0.3 is 0 Å². The van der Waals surface area contributed by atoms with Gasteiger partial charge in [0.1, 0.15) is 0 Å². The van der Waals surface area contributed by atoms with Crippen LogP contribution in [0.5, 0.6) is 0 Å². The molecule has 2 unspecified atom stereocenters. The van der Waals surface area contributed by atoms with E-state index in [4.69, 9.17) is 10.4 Å². The van der Waals surface area contributed by atoms with E-state index >= 15 is 0 Å². The number of nitriles is 1. The Labute approximate surface area is 84.5 Å². The van der Waals surface area contributed by atoms with Crippen LogP contribution < -0.4 is 5.32 Å². The van der Waals surface area contributed by atoms with Crippen LogP contribution in [-0.4, -0.2) is 36.3 Å². The second-order valence-corrected chi connectivity index (χ2v) is 4.27. The summed E-state index contributed by atoms with van der Waals surface area (Å²) < 4.78 is 0. The average molecular weight is 202 g/mol. The lowest BCUT2D eigenvalue weighted by atomic mass is 10.2. The van der Waals surface area contributed by atoms with Crippen LogP contribution in [0.25, 0.3) is 0 Å². The Bertz CT molecular complexity index is 158. The van der Waals surface area contributed by atoms with Gasteiger partial charge in [0, 0.05) is 6.61 Å². The molecule has 76 valence electrons. The van der Waals surface area contributed by atoms with Gasteiger partial charge in [0.2, 0.25) is 0 Å². The molecule has 2 N–H and O–H groups in total. The Balaban J connectivity index is 3.30. The van der Waals surface area contributed by atoms with Crippen molar-refractivity contribution in [2.45, 2.75) is 19.4 Å². The van der Waals surface area contributed by atoms with Crippen LogP contribution in [0.15, 0.2) is 0 Å². The van der Waals surface area contributed by atoms with Crippen LogP contribution in [-0.2, 0) is 0 Å². The van der Waals surface area contributed by atoms with Gasteiger partial charge < -0.3 is 10.4 Å². The monoisotopic (exact) mass is 202 g/mol. The molecule has 0 aliphatic carbocycles. The molecule has 0 spiro atoms. The fraction of sp³-hybridized carbons (Fsp3) is 0.889. The summed E-state index contributed by atoms with van der Waals surface area (Å²) in [5, 5.41) is 20.3. The van der Waals surface area contributed by atoms with Gasteiger partial charge in [-0.3, -0.25) is 0 Å². The molecule has 0 amide bonds. The number of hydrogen-bond acceptors (Lipinski definition) is 4. The number of aliphatic hydroxyl groups is 1. The van der Waals surface area contributed by atoms with Crippen LogP contribution in [0.3, 0.4) is 0 Å². The Hall–Kier alpha value is -0.240. The van der Waals surface area contributed by atoms with Gasteiger partial charge in [-0.1, -0.05) is 6.92 Å². The third-order valence-corrected chi connectivity index (χ3v) is 3.10. The van der Waals surface area contributed by atoms with Gasteiger partial charge in [0.05, 0.1) is 12.1 Å². The molecule has 0 rings (SSSR count). The fourth-order valence-corrected chi connectivity index (χ4v) is 1.89. The highest BCUT2D eigenvalue weighted by molar-refractivity contribution is 7.99.